The predicted molar refractivity (Wildman–Crippen MR) is 54.2 cm³/mol. The number of hydrogen-bond acceptors (Lipinski definition) is 1. The second-order valence-electron chi connectivity index (χ2n) is 4.09. The van der Waals surface area contributed by atoms with Crippen molar-refractivity contribution in [3.63, 3.8) is 0 Å². The van der Waals surface area contributed by atoms with Gasteiger partial charge in [-0.2, -0.15) is 0 Å². The summed E-state index contributed by atoms with van der Waals surface area (Å²) in [4.78, 5) is 0. The zero-order chi connectivity index (χ0) is 8.97. The van der Waals surface area contributed by atoms with E-state index >= 15 is 0 Å². The molecule has 0 aromatic rings. The highest BCUT2D eigenvalue weighted by Gasteiger charge is 2.17. The van der Waals surface area contributed by atoms with Gasteiger partial charge in [-0.25, -0.2) is 0 Å². The van der Waals surface area contributed by atoms with E-state index in [9.17, 15) is 0 Å². The van der Waals surface area contributed by atoms with Crippen molar-refractivity contribution in [1.82, 2.24) is 5.32 Å². The first kappa shape index (κ1) is 9.79. The Morgan fingerprint density at radius 3 is 2.92 bits per heavy atom. The van der Waals surface area contributed by atoms with Gasteiger partial charge in [-0.05, 0) is 38.1 Å². The van der Waals surface area contributed by atoms with E-state index in [0.717, 1.165) is 12.3 Å². The molecule has 1 aliphatic rings. The molecular weight excluding hydrogens is 146 g/mol. The van der Waals surface area contributed by atoms with Gasteiger partial charge in [0, 0.05) is 6.04 Å². The van der Waals surface area contributed by atoms with Crippen LogP contribution in [0.2, 0.25) is 0 Å². The van der Waals surface area contributed by atoms with Gasteiger partial charge in [0.05, 0.1) is 0 Å². The van der Waals surface area contributed by atoms with Crippen LogP contribution in [0, 0.1) is 5.92 Å². The van der Waals surface area contributed by atoms with E-state index < -0.39 is 0 Å². The summed E-state index contributed by atoms with van der Waals surface area (Å²) in [5.41, 5.74) is 1.39. The second kappa shape index (κ2) is 4.66. The van der Waals surface area contributed by atoms with Crippen LogP contribution in [0.3, 0.4) is 0 Å². The second-order valence-corrected chi connectivity index (χ2v) is 4.09. The lowest BCUT2D eigenvalue weighted by Gasteiger charge is -2.28. The van der Waals surface area contributed by atoms with Crippen LogP contribution in [0.15, 0.2) is 12.2 Å². The third-order valence-electron chi connectivity index (χ3n) is 2.79. The topological polar surface area (TPSA) is 12.0 Å². The minimum absolute atomic E-state index is 0.709. The van der Waals surface area contributed by atoms with Gasteiger partial charge in [-0.15, -0.1) is 0 Å². The van der Waals surface area contributed by atoms with Crippen LogP contribution >= 0.6 is 0 Å². The maximum atomic E-state index is 4.05. The zero-order valence-corrected chi connectivity index (χ0v) is 8.40. The van der Waals surface area contributed by atoms with E-state index in [2.05, 4.69) is 25.7 Å². The first-order chi connectivity index (χ1) is 5.72. The minimum atomic E-state index is 0.709. The van der Waals surface area contributed by atoms with Crippen molar-refractivity contribution in [3.05, 3.63) is 12.2 Å². The van der Waals surface area contributed by atoms with Gasteiger partial charge in [0.2, 0.25) is 0 Å². The summed E-state index contributed by atoms with van der Waals surface area (Å²) < 4.78 is 0. The summed E-state index contributed by atoms with van der Waals surface area (Å²) in [6.07, 6.45) is 4.99. The fraction of sp³-hybridized carbons (Fsp3) is 0.818. The van der Waals surface area contributed by atoms with Gasteiger partial charge in [-0.1, -0.05) is 26.0 Å². The summed E-state index contributed by atoms with van der Waals surface area (Å²) in [7, 11) is 0. The average Bonchev–Trinajstić information content (AvgIpc) is 2.04. The molecule has 0 bridgehead atoms. The molecule has 0 saturated carbocycles. The molecule has 0 amide bonds. The molecular formula is C11H21N. The van der Waals surface area contributed by atoms with Gasteiger partial charge < -0.3 is 5.32 Å². The lowest BCUT2D eigenvalue weighted by Crippen LogP contribution is -2.37. The van der Waals surface area contributed by atoms with E-state index in [0.29, 0.717) is 6.04 Å². The van der Waals surface area contributed by atoms with Gasteiger partial charge in [0.25, 0.3) is 0 Å². The Kier molecular flexibility index (Phi) is 3.80. The van der Waals surface area contributed by atoms with Crippen molar-refractivity contribution in [2.24, 2.45) is 5.92 Å². The van der Waals surface area contributed by atoms with Crippen molar-refractivity contribution >= 4 is 0 Å². The molecule has 1 heterocycles. The Labute approximate surface area is 76.2 Å². The summed E-state index contributed by atoms with van der Waals surface area (Å²) in [6, 6.07) is 0.709. The monoisotopic (exact) mass is 167 g/mol. The van der Waals surface area contributed by atoms with Crippen LogP contribution in [-0.2, 0) is 0 Å². The van der Waals surface area contributed by atoms with E-state index in [1.165, 1.54) is 31.4 Å². The van der Waals surface area contributed by atoms with Crippen molar-refractivity contribution in [1.29, 1.82) is 0 Å². The molecule has 0 aromatic carbocycles. The highest BCUT2D eigenvalue weighted by Crippen LogP contribution is 2.20. The Morgan fingerprint density at radius 1 is 1.58 bits per heavy atom. The quantitative estimate of drug-likeness (QED) is 0.637. The van der Waals surface area contributed by atoms with Crippen molar-refractivity contribution in [2.45, 2.75) is 45.6 Å². The first-order valence-corrected chi connectivity index (χ1v) is 5.12. The molecule has 2 atom stereocenters. The zero-order valence-electron chi connectivity index (χ0n) is 8.40. The standard InChI is InChI=1S/C11H21N/c1-4-9(2)7-11-8-10(3)5-6-12-11/h10-12H,2,4-8H2,1,3H3. The molecule has 1 rings (SSSR count). The maximum absolute atomic E-state index is 4.05. The number of hydrogen-bond donors (Lipinski definition) is 1. The predicted octanol–water partition coefficient (Wildman–Crippen LogP) is 2.73. The Balaban J connectivity index is 2.27. The fourth-order valence-electron chi connectivity index (χ4n) is 1.87. The van der Waals surface area contributed by atoms with E-state index in [4.69, 9.17) is 0 Å². The van der Waals surface area contributed by atoms with E-state index in [1.54, 1.807) is 0 Å². The normalized spacial score (nSPS) is 30.2. The van der Waals surface area contributed by atoms with Crippen LogP contribution in [-0.4, -0.2) is 12.6 Å². The van der Waals surface area contributed by atoms with Gasteiger partial charge in [0.15, 0.2) is 0 Å². The number of nitrogens with one attached hydrogen (secondary N) is 1. The fourth-order valence-corrected chi connectivity index (χ4v) is 1.87. The molecule has 1 aliphatic heterocycles. The molecule has 2 unspecified atom stereocenters. The molecule has 1 saturated heterocycles. The van der Waals surface area contributed by atoms with Crippen molar-refractivity contribution in [2.75, 3.05) is 6.54 Å². The van der Waals surface area contributed by atoms with Gasteiger partial charge in [-0.3, -0.25) is 0 Å². The molecule has 1 N–H and O–H groups in total. The molecule has 70 valence electrons. The largest absolute Gasteiger partial charge is 0.314 e. The minimum Gasteiger partial charge on any atom is -0.314 e. The average molecular weight is 167 g/mol. The summed E-state index contributed by atoms with van der Waals surface area (Å²) in [6.45, 7) is 9.79. The Hall–Kier alpha value is -0.300. The van der Waals surface area contributed by atoms with Gasteiger partial charge >= 0.3 is 0 Å². The summed E-state index contributed by atoms with van der Waals surface area (Å²) in [5.74, 6) is 0.904. The molecule has 1 fully saturated rings. The van der Waals surface area contributed by atoms with E-state index in [1.807, 2.05) is 0 Å². The molecule has 0 radical (unpaired) electrons. The molecule has 12 heavy (non-hydrogen) atoms. The van der Waals surface area contributed by atoms with Gasteiger partial charge in [0.1, 0.15) is 0 Å². The smallest absolute Gasteiger partial charge is 0.0107 e. The molecule has 0 spiro atoms. The lowest BCUT2D eigenvalue weighted by molar-refractivity contribution is 0.317. The molecule has 1 heteroatoms. The third-order valence-corrected chi connectivity index (χ3v) is 2.79. The Morgan fingerprint density at radius 2 is 2.33 bits per heavy atom. The van der Waals surface area contributed by atoms with Crippen molar-refractivity contribution < 1.29 is 0 Å². The summed E-state index contributed by atoms with van der Waals surface area (Å²) >= 11 is 0. The third kappa shape index (κ3) is 2.98. The SMILES string of the molecule is C=C(CC)CC1CC(C)CCN1. The van der Waals surface area contributed by atoms with Crippen LogP contribution in [0.25, 0.3) is 0 Å². The molecule has 1 nitrogen and oxygen atoms in total. The molecule has 0 aliphatic carbocycles. The van der Waals surface area contributed by atoms with Crippen molar-refractivity contribution in [3.8, 4) is 0 Å². The maximum Gasteiger partial charge on any atom is 0.0107 e. The Bertz CT molecular complexity index is 151. The number of rotatable bonds is 3. The summed E-state index contributed by atoms with van der Waals surface area (Å²) in [5, 5.41) is 3.55. The highest BCUT2D eigenvalue weighted by molar-refractivity contribution is 4.97. The van der Waals surface area contributed by atoms with Crippen LogP contribution in [0.1, 0.15) is 39.5 Å². The lowest BCUT2D eigenvalue weighted by atomic mass is 9.90. The first-order valence-electron chi connectivity index (χ1n) is 5.12. The highest BCUT2D eigenvalue weighted by atomic mass is 14.9. The van der Waals surface area contributed by atoms with Crippen LogP contribution in [0.5, 0.6) is 0 Å². The van der Waals surface area contributed by atoms with Crippen LogP contribution < -0.4 is 5.32 Å². The van der Waals surface area contributed by atoms with Crippen LogP contribution in [0.4, 0.5) is 0 Å². The van der Waals surface area contributed by atoms with E-state index in [-0.39, 0.29) is 0 Å². The molecule has 0 aromatic heterocycles. The number of piperidine rings is 1.